The number of hydrogen-bond acceptors (Lipinski definition) is 3. The Bertz CT molecular complexity index is 752. The summed E-state index contributed by atoms with van der Waals surface area (Å²) in [5, 5.41) is 0.630. The minimum atomic E-state index is -4.75. The van der Waals surface area contributed by atoms with Crippen LogP contribution in [0.5, 0.6) is 5.75 Å². The van der Waals surface area contributed by atoms with E-state index in [0.717, 1.165) is 0 Å². The van der Waals surface area contributed by atoms with Crippen molar-refractivity contribution in [3.8, 4) is 17.0 Å². The summed E-state index contributed by atoms with van der Waals surface area (Å²) >= 11 is 0. The maximum Gasteiger partial charge on any atom is 0.573 e. The predicted octanol–water partition coefficient (Wildman–Crippen LogP) is 3.52. The van der Waals surface area contributed by atoms with Crippen LogP contribution in [0.2, 0.25) is 0 Å². The Morgan fingerprint density at radius 2 is 1.85 bits per heavy atom. The van der Waals surface area contributed by atoms with Crippen molar-refractivity contribution in [2.24, 2.45) is 0 Å². The summed E-state index contributed by atoms with van der Waals surface area (Å²) in [5.41, 5.74) is 1.20. The monoisotopic (exact) mass is 279 g/mol. The number of aromatic amines is 1. The summed E-state index contributed by atoms with van der Waals surface area (Å²) < 4.78 is 41.3. The van der Waals surface area contributed by atoms with Gasteiger partial charge in [-0.3, -0.25) is 0 Å². The number of fused-ring (bicyclic) bond motifs is 1. The Balaban J connectivity index is 2.17. The molecule has 3 rings (SSSR count). The SMILES string of the molecule is FC(F)(F)Oc1ccccc1-c1ncnc2[nH]ccc12. The molecule has 0 aliphatic rings. The second-order valence-electron chi connectivity index (χ2n) is 4.01. The van der Waals surface area contributed by atoms with E-state index in [1.165, 1.54) is 24.5 Å². The Labute approximate surface area is 111 Å². The van der Waals surface area contributed by atoms with Gasteiger partial charge in [-0.15, -0.1) is 13.2 Å². The third kappa shape index (κ3) is 2.29. The Kier molecular flexibility index (Phi) is 2.81. The van der Waals surface area contributed by atoms with Crippen LogP contribution in [0.4, 0.5) is 13.2 Å². The van der Waals surface area contributed by atoms with E-state index in [9.17, 15) is 13.2 Å². The first kappa shape index (κ1) is 12.5. The first-order valence-corrected chi connectivity index (χ1v) is 5.68. The molecular formula is C13H8F3N3O. The van der Waals surface area contributed by atoms with Crippen LogP contribution in [-0.4, -0.2) is 21.3 Å². The van der Waals surface area contributed by atoms with Gasteiger partial charge in [0.2, 0.25) is 0 Å². The third-order valence-corrected chi connectivity index (χ3v) is 2.72. The maximum absolute atomic E-state index is 12.4. The summed E-state index contributed by atoms with van der Waals surface area (Å²) in [4.78, 5) is 10.9. The quantitative estimate of drug-likeness (QED) is 0.780. The third-order valence-electron chi connectivity index (χ3n) is 2.72. The molecule has 7 heteroatoms. The van der Waals surface area contributed by atoms with Crippen molar-refractivity contribution in [3.63, 3.8) is 0 Å². The zero-order valence-corrected chi connectivity index (χ0v) is 9.98. The van der Waals surface area contributed by atoms with Crippen molar-refractivity contribution in [1.29, 1.82) is 0 Å². The lowest BCUT2D eigenvalue weighted by molar-refractivity contribution is -0.274. The van der Waals surface area contributed by atoms with E-state index in [4.69, 9.17) is 0 Å². The number of rotatable bonds is 2. The van der Waals surface area contributed by atoms with Crippen LogP contribution in [0.25, 0.3) is 22.3 Å². The molecule has 2 heterocycles. The van der Waals surface area contributed by atoms with Gasteiger partial charge < -0.3 is 9.72 Å². The average molecular weight is 279 g/mol. The highest BCUT2D eigenvalue weighted by Crippen LogP contribution is 2.35. The number of H-pyrrole nitrogens is 1. The molecule has 0 fully saturated rings. The largest absolute Gasteiger partial charge is 0.573 e. The van der Waals surface area contributed by atoms with Gasteiger partial charge in [-0.25, -0.2) is 9.97 Å². The molecular weight excluding hydrogens is 271 g/mol. The second-order valence-corrected chi connectivity index (χ2v) is 4.01. The summed E-state index contributed by atoms with van der Waals surface area (Å²) in [7, 11) is 0. The van der Waals surface area contributed by atoms with E-state index < -0.39 is 6.36 Å². The molecule has 0 atom stereocenters. The second kappa shape index (κ2) is 4.52. The van der Waals surface area contributed by atoms with E-state index in [2.05, 4.69) is 19.7 Å². The van der Waals surface area contributed by atoms with Crippen molar-refractivity contribution < 1.29 is 17.9 Å². The number of nitrogens with zero attached hydrogens (tertiary/aromatic N) is 2. The number of aromatic nitrogens is 3. The van der Waals surface area contributed by atoms with Crippen LogP contribution < -0.4 is 4.74 Å². The van der Waals surface area contributed by atoms with Gasteiger partial charge in [-0.1, -0.05) is 12.1 Å². The Hall–Kier alpha value is -2.57. The lowest BCUT2D eigenvalue weighted by Gasteiger charge is -2.13. The molecule has 0 amide bonds. The minimum Gasteiger partial charge on any atom is -0.405 e. The smallest absolute Gasteiger partial charge is 0.405 e. The van der Waals surface area contributed by atoms with Gasteiger partial charge in [0, 0.05) is 17.1 Å². The topological polar surface area (TPSA) is 50.8 Å². The first-order valence-electron chi connectivity index (χ1n) is 5.68. The molecule has 1 aromatic carbocycles. The van der Waals surface area contributed by atoms with Gasteiger partial charge in [-0.2, -0.15) is 0 Å². The van der Waals surface area contributed by atoms with Crippen molar-refractivity contribution >= 4 is 11.0 Å². The molecule has 3 aromatic rings. The highest BCUT2D eigenvalue weighted by Gasteiger charge is 2.32. The number of alkyl halides is 3. The normalized spacial score (nSPS) is 11.8. The Morgan fingerprint density at radius 1 is 1.05 bits per heavy atom. The average Bonchev–Trinajstić information content (AvgIpc) is 2.85. The van der Waals surface area contributed by atoms with Gasteiger partial charge in [0.05, 0.1) is 5.69 Å². The van der Waals surface area contributed by atoms with E-state index >= 15 is 0 Å². The van der Waals surface area contributed by atoms with Crippen LogP contribution in [0, 0.1) is 0 Å². The van der Waals surface area contributed by atoms with Crippen molar-refractivity contribution in [1.82, 2.24) is 15.0 Å². The molecule has 0 saturated heterocycles. The van der Waals surface area contributed by atoms with E-state index in [1.807, 2.05) is 0 Å². The zero-order chi connectivity index (χ0) is 14.2. The van der Waals surface area contributed by atoms with Gasteiger partial charge in [-0.05, 0) is 18.2 Å². The van der Waals surface area contributed by atoms with Gasteiger partial charge in [0.25, 0.3) is 0 Å². The summed E-state index contributed by atoms with van der Waals surface area (Å²) in [6, 6.07) is 7.58. The van der Waals surface area contributed by atoms with Crippen LogP contribution in [-0.2, 0) is 0 Å². The number of benzene rings is 1. The molecule has 0 aliphatic carbocycles. The fraction of sp³-hybridized carbons (Fsp3) is 0.0769. The molecule has 0 spiro atoms. The lowest BCUT2D eigenvalue weighted by Crippen LogP contribution is -2.17. The fourth-order valence-corrected chi connectivity index (χ4v) is 1.96. The highest BCUT2D eigenvalue weighted by molar-refractivity contribution is 5.92. The number of nitrogens with one attached hydrogen (secondary N) is 1. The Morgan fingerprint density at radius 3 is 2.65 bits per heavy atom. The number of ether oxygens (including phenoxy) is 1. The van der Waals surface area contributed by atoms with Crippen LogP contribution >= 0.6 is 0 Å². The molecule has 0 aliphatic heterocycles. The standard InChI is InChI=1S/C13H8F3N3O/c14-13(15,16)20-10-4-2-1-3-8(10)11-9-5-6-17-12(9)19-7-18-11/h1-7H,(H,17,18,19). The molecule has 2 aromatic heterocycles. The van der Waals surface area contributed by atoms with E-state index in [0.29, 0.717) is 16.7 Å². The van der Waals surface area contributed by atoms with Crippen molar-refractivity contribution in [2.45, 2.75) is 6.36 Å². The maximum atomic E-state index is 12.4. The van der Waals surface area contributed by atoms with Gasteiger partial charge in [0.15, 0.2) is 0 Å². The zero-order valence-electron chi connectivity index (χ0n) is 9.98. The summed E-state index contributed by atoms with van der Waals surface area (Å²) in [5.74, 6) is -0.291. The number of para-hydroxylation sites is 1. The highest BCUT2D eigenvalue weighted by atomic mass is 19.4. The molecule has 102 valence electrons. The van der Waals surface area contributed by atoms with Gasteiger partial charge in [0.1, 0.15) is 17.7 Å². The number of halogens is 3. The molecule has 1 N–H and O–H groups in total. The molecule has 0 bridgehead atoms. The van der Waals surface area contributed by atoms with Gasteiger partial charge >= 0.3 is 6.36 Å². The van der Waals surface area contributed by atoms with Crippen molar-refractivity contribution in [3.05, 3.63) is 42.9 Å². The first-order chi connectivity index (χ1) is 9.54. The molecule has 0 unspecified atom stereocenters. The van der Waals surface area contributed by atoms with Crippen molar-refractivity contribution in [2.75, 3.05) is 0 Å². The van der Waals surface area contributed by atoms with Crippen LogP contribution in [0.15, 0.2) is 42.9 Å². The number of hydrogen-bond donors (Lipinski definition) is 1. The summed E-state index contributed by atoms with van der Waals surface area (Å²) in [6.07, 6.45) is -1.81. The van der Waals surface area contributed by atoms with E-state index in [1.54, 1.807) is 18.3 Å². The minimum absolute atomic E-state index is 0.261. The molecule has 20 heavy (non-hydrogen) atoms. The fourth-order valence-electron chi connectivity index (χ4n) is 1.96. The van der Waals surface area contributed by atoms with Crippen LogP contribution in [0.1, 0.15) is 0 Å². The lowest BCUT2D eigenvalue weighted by atomic mass is 10.1. The molecule has 0 saturated carbocycles. The predicted molar refractivity (Wildman–Crippen MR) is 66.0 cm³/mol. The van der Waals surface area contributed by atoms with E-state index in [-0.39, 0.29) is 11.3 Å². The molecule has 0 radical (unpaired) electrons. The van der Waals surface area contributed by atoms with Crippen LogP contribution in [0.3, 0.4) is 0 Å². The summed E-state index contributed by atoms with van der Waals surface area (Å²) in [6.45, 7) is 0. The molecule has 4 nitrogen and oxygen atoms in total.